The lowest BCUT2D eigenvalue weighted by Crippen LogP contribution is -2.41. The van der Waals surface area contributed by atoms with Crippen LogP contribution in [-0.2, 0) is 24.9 Å². The van der Waals surface area contributed by atoms with Gasteiger partial charge in [-0.15, -0.1) is 0 Å². The maximum absolute atomic E-state index is 4.41. The summed E-state index contributed by atoms with van der Waals surface area (Å²) in [5.41, 5.74) is 15.2. The second-order valence-electron chi connectivity index (χ2n) is 17.9. The Morgan fingerprint density at radius 3 is 2.52 bits per heavy atom. The van der Waals surface area contributed by atoms with Crippen LogP contribution in [0.1, 0.15) is 111 Å². The predicted octanol–water partition coefficient (Wildman–Crippen LogP) is 12.5. The molecule has 0 atom stereocenters. The molecule has 1 aliphatic rings. The van der Waals surface area contributed by atoms with Gasteiger partial charge in [0.05, 0.1) is 5.54 Å². The Hall–Kier alpha value is -4.72. The molecular formula is C51H68N6S. The molecule has 0 radical (unpaired) electrons. The lowest BCUT2D eigenvalue weighted by Gasteiger charge is -2.39. The number of aryl methyl sites for hydroxylation is 2. The Labute approximate surface area is 353 Å². The first kappa shape index (κ1) is 42.9. The molecule has 3 aromatic carbocycles. The lowest BCUT2D eigenvalue weighted by atomic mass is 9.86. The number of unbranched alkanes of at least 4 members (excludes halogenated alkanes) is 2. The first-order valence-electron chi connectivity index (χ1n) is 21.4. The Morgan fingerprint density at radius 1 is 1.03 bits per heavy atom. The third kappa shape index (κ3) is 10.3. The third-order valence-electron chi connectivity index (χ3n) is 11.6. The van der Waals surface area contributed by atoms with E-state index < -0.39 is 0 Å². The van der Waals surface area contributed by atoms with Crippen molar-refractivity contribution in [2.24, 2.45) is 0 Å². The normalized spacial score (nSPS) is 13.1. The van der Waals surface area contributed by atoms with Crippen LogP contribution in [0.25, 0.3) is 39.5 Å². The number of rotatable bonds is 21. The van der Waals surface area contributed by atoms with Crippen molar-refractivity contribution < 1.29 is 0 Å². The van der Waals surface area contributed by atoms with Gasteiger partial charge >= 0.3 is 0 Å². The van der Waals surface area contributed by atoms with E-state index in [1.54, 1.807) is 0 Å². The fourth-order valence-corrected chi connectivity index (χ4v) is 9.78. The zero-order valence-electron chi connectivity index (χ0n) is 36.5. The summed E-state index contributed by atoms with van der Waals surface area (Å²) in [7, 11) is 2.25. The maximum Gasteiger partial charge on any atom is 0.0513 e. The van der Waals surface area contributed by atoms with Crippen LogP contribution in [0.3, 0.4) is 0 Å². The summed E-state index contributed by atoms with van der Waals surface area (Å²) in [5, 5.41) is 12.2. The van der Waals surface area contributed by atoms with E-state index in [2.05, 4.69) is 165 Å². The number of benzene rings is 3. The van der Waals surface area contributed by atoms with Crippen molar-refractivity contribution in [1.29, 1.82) is 0 Å². The van der Waals surface area contributed by atoms with Gasteiger partial charge in [0.25, 0.3) is 0 Å². The smallest absolute Gasteiger partial charge is 0.0513 e. The molecule has 0 unspecified atom stereocenters. The van der Waals surface area contributed by atoms with Crippen LogP contribution in [0, 0.1) is 6.92 Å². The number of H-pyrrole nitrogens is 1. The summed E-state index contributed by atoms with van der Waals surface area (Å²) >= 11 is 1.93. The summed E-state index contributed by atoms with van der Waals surface area (Å²) in [6, 6.07) is 20.1. The molecule has 0 saturated carbocycles. The second kappa shape index (κ2) is 18.5. The van der Waals surface area contributed by atoms with Gasteiger partial charge in [-0.1, -0.05) is 93.7 Å². The van der Waals surface area contributed by atoms with Crippen molar-refractivity contribution in [3.63, 3.8) is 0 Å². The summed E-state index contributed by atoms with van der Waals surface area (Å²) in [4.78, 5) is 7.70. The third-order valence-corrected chi connectivity index (χ3v) is 12.9. The molecule has 6 rings (SSSR count). The highest BCUT2D eigenvalue weighted by molar-refractivity contribution is 7.07. The van der Waals surface area contributed by atoms with E-state index in [1.807, 2.05) is 17.6 Å². The molecule has 1 aliphatic heterocycles. The molecule has 308 valence electrons. The minimum atomic E-state index is -0.147. The zero-order valence-corrected chi connectivity index (χ0v) is 37.3. The molecule has 7 heteroatoms. The fourth-order valence-electron chi connectivity index (χ4n) is 8.80. The fraction of sp³-hybridized carbons (Fsp3) is 0.412. The Morgan fingerprint density at radius 2 is 1.79 bits per heavy atom. The standard InChI is InChI=1S/C51H68N6S/c1-12-14-18-37(5)53-31-36(4)43-20-17-21-46(42(43)13-2)55-50(7,8)34-51(9,10)57-33-41(58-57)19-15-16-28-56(11)32-39-22-24-40(25-23-39)49-44-26-27-52-38(6)45-29-35(3)30-47(54-49)48(44)45/h13,17,20-25,29-30,33,52-55H,2,4-6,12,14-16,18-19,26-28,31-32,34H2,1,3,7-11H3. The van der Waals surface area contributed by atoms with Crippen LogP contribution in [0.2, 0.25) is 0 Å². The number of allylic oxidation sites excluding steroid dienone is 1. The first-order valence-corrected chi connectivity index (χ1v) is 22.1. The number of aromatic nitrogens is 2. The highest BCUT2D eigenvalue weighted by atomic mass is 32.1. The molecule has 0 saturated heterocycles. The minimum Gasteiger partial charge on any atom is -0.385 e. The number of hydrogen-bond donors (Lipinski definition) is 4. The van der Waals surface area contributed by atoms with Crippen LogP contribution in [-0.4, -0.2) is 46.1 Å². The number of nitrogens with one attached hydrogen (secondary N) is 4. The quantitative estimate of drug-likeness (QED) is 0.0559. The van der Waals surface area contributed by atoms with Crippen molar-refractivity contribution in [3.8, 4) is 11.3 Å². The summed E-state index contributed by atoms with van der Waals surface area (Å²) in [6.07, 6.45) is 13.1. The Kier molecular flexibility index (Phi) is 13.7. The molecule has 0 aliphatic carbocycles. The van der Waals surface area contributed by atoms with E-state index in [1.165, 1.54) is 68.6 Å². The second-order valence-corrected chi connectivity index (χ2v) is 19.0. The molecule has 0 bridgehead atoms. The van der Waals surface area contributed by atoms with Gasteiger partial charge in [0.1, 0.15) is 0 Å². The van der Waals surface area contributed by atoms with E-state index in [-0.39, 0.29) is 11.1 Å². The lowest BCUT2D eigenvalue weighted by molar-refractivity contribution is 0.285. The summed E-state index contributed by atoms with van der Waals surface area (Å²) in [6.45, 7) is 34.4. The molecule has 5 aromatic rings. The van der Waals surface area contributed by atoms with Gasteiger partial charge in [-0.25, -0.2) is 0 Å². The van der Waals surface area contributed by atoms with Crippen molar-refractivity contribution in [2.45, 2.75) is 111 Å². The van der Waals surface area contributed by atoms with E-state index in [0.29, 0.717) is 6.54 Å². The van der Waals surface area contributed by atoms with Crippen LogP contribution < -0.4 is 16.0 Å². The van der Waals surface area contributed by atoms with Gasteiger partial charge in [0.15, 0.2) is 0 Å². The zero-order chi connectivity index (χ0) is 41.6. The molecule has 4 N–H and O–H groups in total. The molecule has 0 spiro atoms. The number of anilines is 1. The molecular weight excluding hydrogens is 729 g/mol. The average Bonchev–Trinajstić information content (AvgIpc) is 3.42. The predicted molar refractivity (Wildman–Crippen MR) is 255 cm³/mol. The molecule has 0 amide bonds. The van der Waals surface area contributed by atoms with Gasteiger partial charge in [-0.3, -0.25) is 3.96 Å². The minimum absolute atomic E-state index is 0.0161. The highest BCUT2D eigenvalue weighted by Crippen LogP contribution is 2.38. The van der Waals surface area contributed by atoms with E-state index in [4.69, 9.17) is 0 Å². The number of hydrogen-bond acceptors (Lipinski definition) is 5. The van der Waals surface area contributed by atoms with Crippen molar-refractivity contribution in [2.75, 3.05) is 32.0 Å². The van der Waals surface area contributed by atoms with E-state index in [0.717, 1.165) is 85.5 Å². The molecule has 6 nitrogen and oxygen atoms in total. The van der Waals surface area contributed by atoms with Crippen LogP contribution in [0.15, 0.2) is 92.8 Å². The summed E-state index contributed by atoms with van der Waals surface area (Å²) in [5.74, 6) is 0. The van der Waals surface area contributed by atoms with Crippen molar-refractivity contribution in [1.82, 2.24) is 24.5 Å². The SMILES string of the molecule is C=Cc1c(NC(C)(C)CC(C)(C)n2cc(CCCCN(C)Cc3ccc(-c4[nH]c5cc(C)cc6c5c4CCNC6=C)cc3)s2)cccc1C(=C)CNC(=C)CCCC. The van der Waals surface area contributed by atoms with E-state index >= 15 is 0 Å². The Balaban J connectivity index is 0.961. The average molecular weight is 797 g/mol. The molecule has 3 heterocycles. The summed E-state index contributed by atoms with van der Waals surface area (Å²) < 4.78 is 2.45. The topological polar surface area (TPSA) is 60.1 Å². The van der Waals surface area contributed by atoms with E-state index in [9.17, 15) is 0 Å². The molecule has 2 aromatic heterocycles. The van der Waals surface area contributed by atoms with Gasteiger partial charge in [-0.2, -0.15) is 0 Å². The van der Waals surface area contributed by atoms with Crippen molar-refractivity contribution >= 4 is 45.5 Å². The molecule has 58 heavy (non-hydrogen) atoms. The van der Waals surface area contributed by atoms with Crippen LogP contribution >= 0.6 is 11.5 Å². The van der Waals surface area contributed by atoms with Gasteiger partial charge < -0.3 is 25.8 Å². The van der Waals surface area contributed by atoms with Crippen LogP contribution in [0.4, 0.5) is 5.69 Å². The largest absolute Gasteiger partial charge is 0.385 e. The van der Waals surface area contributed by atoms with Gasteiger partial charge in [0.2, 0.25) is 0 Å². The van der Waals surface area contributed by atoms with Gasteiger partial charge in [0, 0.05) is 81.1 Å². The maximum atomic E-state index is 4.41. The monoisotopic (exact) mass is 797 g/mol. The highest BCUT2D eigenvalue weighted by Gasteiger charge is 2.32. The molecule has 0 fully saturated rings. The number of aromatic amines is 1. The van der Waals surface area contributed by atoms with Gasteiger partial charge in [-0.05, 0) is 145 Å². The van der Waals surface area contributed by atoms with Crippen LogP contribution in [0.5, 0.6) is 0 Å². The first-order chi connectivity index (χ1) is 27.7. The number of nitrogens with zero attached hydrogens (tertiary/aromatic N) is 2. The Bertz CT molecular complexity index is 2230. The van der Waals surface area contributed by atoms with Crippen molar-refractivity contribution in [3.05, 3.63) is 131 Å².